The van der Waals surface area contributed by atoms with Crippen molar-refractivity contribution in [3.63, 3.8) is 0 Å². The van der Waals surface area contributed by atoms with Crippen LogP contribution < -0.4 is 4.90 Å². The molecule has 3 heterocycles. The van der Waals surface area contributed by atoms with Crippen molar-refractivity contribution >= 4 is 55.9 Å². The number of benzene rings is 5. The Kier molecular flexibility index (Phi) is 4.45. The molecule has 0 amide bonds. The van der Waals surface area contributed by atoms with Crippen LogP contribution in [-0.4, -0.2) is 14.0 Å². The molecule has 0 spiro atoms. The van der Waals surface area contributed by atoms with Crippen LogP contribution in [0.15, 0.2) is 138 Å². The van der Waals surface area contributed by atoms with E-state index in [4.69, 9.17) is 9.40 Å². The average molecular weight is 491 g/mol. The second-order valence-corrected chi connectivity index (χ2v) is 9.32. The number of para-hydroxylation sites is 6. The lowest BCUT2D eigenvalue weighted by atomic mass is 10.2. The second kappa shape index (κ2) is 8.11. The summed E-state index contributed by atoms with van der Waals surface area (Å²) in [5, 5.41) is 2.38. The molecule has 0 bridgehead atoms. The molecule has 8 rings (SSSR count). The number of hydrogen-bond donors (Lipinski definition) is 0. The van der Waals surface area contributed by atoms with Gasteiger partial charge in [-0.05, 0) is 48.5 Å². The van der Waals surface area contributed by atoms with E-state index < -0.39 is 0 Å². The van der Waals surface area contributed by atoms with Crippen LogP contribution in [0.4, 0.5) is 17.2 Å². The summed E-state index contributed by atoms with van der Waals surface area (Å²) >= 11 is 0. The van der Waals surface area contributed by atoms with Gasteiger partial charge in [0.1, 0.15) is 0 Å². The summed E-state index contributed by atoms with van der Waals surface area (Å²) in [4.78, 5) is 7.45. The molecule has 0 atom stereocenters. The van der Waals surface area contributed by atoms with Crippen molar-refractivity contribution in [1.29, 1.82) is 0 Å². The Balaban J connectivity index is 1.57. The zero-order valence-electron chi connectivity index (χ0n) is 20.4. The summed E-state index contributed by atoms with van der Waals surface area (Å²) < 4.78 is 10.7. The van der Waals surface area contributed by atoms with Gasteiger partial charge in [-0.2, -0.15) is 4.98 Å². The van der Waals surface area contributed by atoms with Gasteiger partial charge in [0.25, 0.3) is 0 Å². The molecule has 0 saturated carbocycles. The first kappa shape index (κ1) is 20.9. The fourth-order valence-corrected chi connectivity index (χ4v) is 5.54. The van der Waals surface area contributed by atoms with Crippen LogP contribution >= 0.6 is 0 Å². The molecule has 5 heteroatoms. The van der Waals surface area contributed by atoms with E-state index in [-0.39, 0.29) is 0 Å². The van der Waals surface area contributed by atoms with Crippen LogP contribution in [0.25, 0.3) is 44.6 Å². The molecular formula is C33H22N4O. The number of hydrogen-bond acceptors (Lipinski definition) is 3. The minimum absolute atomic E-state index is 0.551. The van der Waals surface area contributed by atoms with Crippen molar-refractivity contribution in [3.8, 4) is 5.82 Å². The summed E-state index contributed by atoms with van der Waals surface area (Å²) in [7, 11) is 0. The van der Waals surface area contributed by atoms with Crippen molar-refractivity contribution in [2.45, 2.75) is 0 Å². The Labute approximate surface area is 218 Å². The van der Waals surface area contributed by atoms with Gasteiger partial charge in [-0.3, -0.25) is 9.47 Å². The molecule has 0 N–H and O–H groups in total. The highest BCUT2D eigenvalue weighted by Crippen LogP contribution is 2.43. The van der Waals surface area contributed by atoms with E-state index in [1.807, 2.05) is 30.3 Å². The largest absolute Gasteiger partial charge is 0.423 e. The van der Waals surface area contributed by atoms with Gasteiger partial charge in [-0.15, -0.1) is 0 Å². The molecule has 0 aliphatic carbocycles. The normalized spacial score (nSPS) is 11.7. The quantitative estimate of drug-likeness (QED) is 0.248. The highest BCUT2D eigenvalue weighted by molar-refractivity contribution is 6.09. The number of oxazole rings is 1. The summed E-state index contributed by atoms with van der Waals surface area (Å²) in [6, 6.07) is 46.0. The lowest BCUT2D eigenvalue weighted by Crippen LogP contribution is -2.14. The third-order valence-corrected chi connectivity index (χ3v) is 7.14. The standard InChI is InChI=1S/C33H22N4O/c1-3-13-23(14-4-1)35(24-15-5-2-6-16-24)32-31(34-33-37(32)29-21-11-12-22-30(29)38-33)36-27-19-9-7-17-25(27)26-18-8-10-20-28(26)36/h1-22H. The monoisotopic (exact) mass is 490 g/mol. The molecule has 5 aromatic carbocycles. The zero-order valence-corrected chi connectivity index (χ0v) is 20.4. The molecule has 38 heavy (non-hydrogen) atoms. The van der Waals surface area contributed by atoms with Gasteiger partial charge in [0, 0.05) is 22.1 Å². The van der Waals surface area contributed by atoms with Crippen molar-refractivity contribution in [2.24, 2.45) is 0 Å². The van der Waals surface area contributed by atoms with Gasteiger partial charge in [0.15, 0.2) is 17.2 Å². The zero-order chi connectivity index (χ0) is 25.1. The van der Waals surface area contributed by atoms with E-state index in [0.717, 1.165) is 45.1 Å². The molecule has 3 aromatic heterocycles. The Bertz CT molecular complexity index is 1990. The predicted octanol–water partition coefficient (Wildman–Crippen LogP) is 8.65. The number of aromatic nitrogens is 3. The molecule has 0 unspecified atom stereocenters. The lowest BCUT2D eigenvalue weighted by Gasteiger charge is -2.25. The number of nitrogens with zero attached hydrogens (tertiary/aromatic N) is 4. The first-order valence-corrected chi connectivity index (χ1v) is 12.7. The van der Waals surface area contributed by atoms with Gasteiger partial charge in [0.2, 0.25) is 0 Å². The minimum atomic E-state index is 0.551. The smallest absolute Gasteiger partial charge is 0.310 e. The van der Waals surface area contributed by atoms with Crippen LogP contribution in [0.1, 0.15) is 0 Å². The number of rotatable bonds is 4. The Morgan fingerprint density at radius 3 is 1.63 bits per heavy atom. The van der Waals surface area contributed by atoms with Crippen molar-refractivity contribution in [1.82, 2.24) is 14.0 Å². The predicted molar refractivity (Wildman–Crippen MR) is 154 cm³/mol. The molecule has 0 radical (unpaired) electrons. The maximum absolute atomic E-state index is 6.33. The molecule has 0 fully saturated rings. The summed E-state index contributed by atoms with van der Waals surface area (Å²) in [6.07, 6.45) is 0. The minimum Gasteiger partial charge on any atom is -0.423 e. The Morgan fingerprint density at radius 1 is 0.526 bits per heavy atom. The van der Waals surface area contributed by atoms with E-state index >= 15 is 0 Å². The van der Waals surface area contributed by atoms with Gasteiger partial charge >= 0.3 is 5.84 Å². The summed E-state index contributed by atoms with van der Waals surface area (Å²) in [5.74, 6) is 2.27. The highest BCUT2D eigenvalue weighted by atomic mass is 16.4. The molecule has 0 saturated heterocycles. The van der Waals surface area contributed by atoms with Gasteiger partial charge in [-0.25, -0.2) is 4.40 Å². The molecule has 0 aliphatic heterocycles. The first-order valence-electron chi connectivity index (χ1n) is 12.7. The van der Waals surface area contributed by atoms with E-state index in [0.29, 0.717) is 5.84 Å². The van der Waals surface area contributed by atoms with Crippen molar-refractivity contribution < 1.29 is 4.42 Å². The molecule has 180 valence electrons. The topological polar surface area (TPSA) is 38.6 Å². The van der Waals surface area contributed by atoms with Crippen LogP contribution in [0, 0.1) is 0 Å². The first-order chi connectivity index (χ1) is 18.9. The summed E-state index contributed by atoms with van der Waals surface area (Å²) in [5.41, 5.74) is 6.03. The average Bonchev–Trinajstić information content (AvgIpc) is 3.63. The van der Waals surface area contributed by atoms with Gasteiger partial charge < -0.3 is 4.42 Å². The summed E-state index contributed by atoms with van der Waals surface area (Å²) in [6.45, 7) is 0. The van der Waals surface area contributed by atoms with E-state index in [1.165, 1.54) is 10.8 Å². The molecule has 5 nitrogen and oxygen atoms in total. The maximum atomic E-state index is 6.33. The third-order valence-electron chi connectivity index (χ3n) is 7.14. The number of anilines is 3. The molecule has 0 aliphatic rings. The second-order valence-electron chi connectivity index (χ2n) is 9.32. The SMILES string of the molecule is c1ccc(N(c2ccccc2)c2c(-n3c4ccccc4c4ccccc43)nc3oc4ccccc4n23)cc1. The maximum Gasteiger partial charge on any atom is 0.310 e. The van der Waals surface area contributed by atoms with Crippen LogP contribution in [0.3, 0.4) is 0 Å². The van der Waals surface area contributed by atoms with Crippen molar-refractivity contribution in [2.75, 3.05) is 4.90 Å². The van der Waals surface area contributed by atoms with E-state index in [2.05, 4.69) is 117 Å². The van der Waals surface area contributed by atoms with Gasteiger partial charge in [0.05, 0.1) is 16.6 Å². The Morgan fingerprint density at radius 2 is 1.03 bits per heavy atom. The number of imidazole rings is 1. The fourth-order valence-electron chi connectivity index (χ4n) is 5.54. The number of fused-ring (bicyclic) bond motifs is 6. The van der Waals surface area contributed by atoms with Crippen LogP contribution in [0.2, 0.25) is 0 Å². The fraction of sp³-hybridized carbons (Fsp3) is 0. The Hall–Kier alpha value is -5.29. The third kappa shape index (κ3) is 2.96. The highest BCUT2D eigenvalue weighted by Gasteiger charge is 2.28. The molecule has 8 aromatic rings. The van der Waals surface area contributed by atoms with Gasteiger partial charge in [-0.1, -0.05) is 84.9 Å². The lowest BCUT2D eigenvalue weighted by molar-refractivity contribution is 0.641. The van der Waals surface area contributed by atoms with Crippen LogP contribution in [-0.2, 0) is 0 Å². The van der Waals surface area contributed by atoms with E-state index in [1.54, 1.807) is 0 Å². The molecular weight excluding hydrogens is 468 g/mol. The van der Waals surface area contributed by atoms with Crippen molar-refractivity contribution in [3.05, 3.63) is 133 Å². The van der Waals surface area contributed by atoms with Crippen LogP contribution in [0.5, 0.6) is 0 Å². The van der Waals surface area contributed by atoms with E-state index in [9.17, 15) is 0 Å².